The Morgan fingerprint density at radius 1 is 0.488 bits per heavy atom. The number of para-hydroxylation sites is 2. The van der Waals surface area contributed by atoms with Crippen molar-refractivity contribution in [3.63, 3.8) is 0 Å². The third-order valence-corrected chi connectivity index (χ3v) is 8.91. The van der Waals surface area contributed by atoms with E-state index in [4.69, 9.17) is 0 Å². The summed E-state index contributed by atoms with van der Waals surface area (Å²) in [4.78, 5) is 0. The lowest BCUT2D eigenvalue weighted by Crippen LogP contribution is -2.15. The molecule has 1 heterocycles. The Balaban J connectivity index is 0.000000135. The van der Waals surface area contributed by atoms with Gasteiger partial charge in [0.2, 0.25) is 0 Å². The molecule has 41 heavy (non-hydrogen) atoms. The minimum Gasteiger partial charge on any atom is -0.309 e. The van der Waals surface area contributed by atoms with E-state index in [1.165, 1.54) is 77.2 Å². The molecule has 0 atom stereocenters. The van der Waals surface area contributed by atoms with Crippen LogP contribution >= 0.6 is 0 Å². The molecular formula is C40H35N. The number of aryl methyl sites for hydroxylation is 3. The van der Waals surface area contributed by atoms with Gasteiger partial charge in [-0.25, -0.2) is 0 Å². The lowest BCUT2D eigenvalue weighted by atomic mass is 9.81. The summed E-state index contributed by atoms with van der Waals surface area (Å²) >= 11 is 0. The predicted molar refractivity (Wildman–Crippen MR) is 177 cm³/mol. The fourth-order valence-corrected chi connectivity index (χ4v) is 6.77. The summed E-state index contributed by atoms with van der Waals surface area (Å²) in [5, 5.41) is 5.39. The summed E-state index contributed by atoms with van der Waals surface area (Å²) in [7, 11) is 0. The standard InChI is InChI=1S/C21H20.C19H15N/c1-13-9-10-17-18(11-13)21(3,4)19-12-14(2)15-7-5-6-8-16(15)20(17)19;1-14-10-12-15(13-11-14)20-18-8-4-2-6-16(18)17-7-3-5-9-19(17)20/h5-12H,1-4H3;2-13H,1H3. The summed E-state index contributed by atoms with van der Waals surface area (Å²) in [6, 6.07) is 44.0. The van der Waals surface area contributed by atoms with Crippen molar-refractivity contribution in [2.45, 2.75) is 40.0 Å². The Bertz CT molecular complexity index is 2030. The summed E-state index contributed by atoms with van der Waals surface area (Å²) in [5.74, 6) is 0. The summed E-state index contributed by atoms with van der Waals surface area (Å²) in [6.45, 7) is 11.2. The molecule has 200 valence electrons. The van der Waals surface area contributed by atoms with Gasteiger partial charge in [-0.1, -0.05) is 122 Å². The van der Waals surface area contributed by atoms with Gasteiger partial charge >= 0.3 is 0 Å². The maximum atomic E-state index is 2.40. The first-order chi connectivity index (χ1) is 19.8. The van der Waals surface area contributed by atoms with Crippen LogP contribution in [-0.2, 0) is 5.41 Å². The average molecular weight is 530 g/mol. The second kappa shape index (κ2) is 9.49. The first kappa shape index (κ1) is 25.4. The molecule has 0 saturated heterocycles. The highest BCUT2D eigenvalue weighted by Crippen LogP contribution is 2.52. The molecule has 0 fully saturated rings. The van der Waals surface area contributed by atoms with Crippen molar-refractivity contribution in [1.29, 1.82) is 0 Å². The van der Waals surface area contributed by atoms with Crippen molar-refractivity contribution in [1.82, 2.24) is 4.57 Å². The van der Waals surface area contributed by atoms with Crippen molar-refractivity contribution in [2.24, 2.45) is 0 Å². The highest BCUT2D eigenvalue weighted by Gasteiger charge is 2.36. The second-order valence-electron chi connectivity index (χ2n) is 12.0. The van der Waals surface area contributed by atoms with Gasteiger partial charge in [0.15, 0.2) is 0 Å². The van der Waals surface area contributed by atoms with Crippen LogP contribution < -0.4 is 0 Å². The summed E-state index contributed by atoms with van der Waals surface area (Å²) in [6.07, 6.45) is 0. The van der Waals surface area contributed by atoms with Gasteiger partial charge in [0.25, 0.3) is 0 Å². The molecule has 0 saturated carbocycles. The van der Waals surface area contributed by atoms with Crippen LogP contribution in [0.1, 0.15) is 41.7 Å². The van der Waals surface area contributed by atoms with Gasteiger partial charge in [-0.15, -0.1) is 0 Å². The number of benzene rings is 6. The number of nitrogens with zero attached hydrogens (tertiary/aromatic N) is 1. The molecule has 1 aromatic heterocycles. The lowest BCUT2D eigenvalue weighted by Gasteiger charge is -2.22. The van der Waals surface area contributed by atoms with Crippen LogP contribution in [0, 0.1) is 20.8 Å². The van der Waals surface area contributed by atoms with Crippen molar-refractivity contribution < 1.29 is 0 Å². The quantitative estimate of drug-likeness (QED) is 0.199. The molecule has 1 aliphatic rings. The van der Waals surface area contributed by atoms with E-state index in [2.05, 4.69) is 161 Å². The fraction of sp³-hybridized carbons (Fsp3) is 0.150. The number of rotatable bonds is 1. The Morgan fingerprint density at radius 2 is 1.02 bits per heavy atom. The molecule has 0 amide bonds. The fourth-order valence-electron chi connectivity index (χ4n) is 6.77. The molecule has 0 radical (unpaired) electrons. The molecular weight excluding hydrogens is 494 g/mol. The van der Waals surface area contributed by atoms with Gasteiger partial charge < -0.3 is 4.57 Å². The maximum Gasteiger partial charge on any atom is 0.0541 e. The van der Waals surface area contributed by atoms with Crippen molar-refractivity contribution in [2.75, 3.05) is 0 Å². The van der Waals surface area contributed by atoms with E-state index in [1.54, 1.807) is 0 Å². The zero-order valence-electron chi connectivity index (χ0n) is 24.5. The Hall–Kier alpha value is -4.62. The van der Waals surface area contributed by atoms with Crippen molar-refractivity contribution in [3.05, 3.63) is 149 Å². The largest absolute Gasteiger partial charge is 0.309 e. The van der Waals surface area contributed by atoms with Gasteiger partial charge in [-0.05, 0) is 83.6 Å². The minimum atomic E-state index is 0.0888. The lowest BCUT2D eigenvalue weighted by molar-refractivity contribution is 0.659. The molecule has 0 spiro atoms. The van der Waals surface area contributed by atoms with E-state index < -0.39 is 0 Å². The molecule has 6 aromatic carbocycles. The minimum absolute atomic E-state index is 0.0888. The topological polar surface area (TPSA) is 4.93 Å². The van der Waals surface area contributed by atoms with E-state index in [-0.39, 0.29) is 5.41 Å². The third kappa shape index (κ3) is 3.99. The van der Waals surface area contributed by atoms with E-state index in [0.717, 1.165) is 0 Å². The first-order valence-electron chi connectivity index (χ1n) is 14.5. The van der Waals surface area contributed by atoms with Gasteiger partial charge in [-0.2, -0.15) is 0 Å². The number of hydrogen-bond acceptors (Lipinski definition) is 0. The van der Waals surface area contributed by atoms with Gasteiger partial charge in [0.1, 0.15) is 0 Å². The molecule has 0 unspecified atom stereocenters. The molecule has 1 nitrogen and oxygen atoms in total. The van der Waals surface area contributed by atoms with Crippen LogP contribution in [-0.4, -0.2) is 4.57 Å². The van der Waals surface area contributed by atoms with Crippen LogP contribution in [0.2, 0.25) is 0 Å². The monoisotopic (exact) mass is 529 g/mol. The normalized spacial score (nSPS) is 13.2. The first-order valence-corrected chi connectivity index (χ1v) is 14.5. The average Bonchev–Trinajstić information content (AvgIpc) is 3.43. The Kier molecular flexibility index (Phi) is 5.87. The highest BCUT2D eigenvalue weighted by atomic mass is 15.0. The van der Waals surface area contributed by atoms with Gasteiger partial charge in [0, 0.05) is 21.9 Å². The van der Waals surface area contributed by atoms with Crippen molar-refractivity contribution in [3.8, 4) is 16.8 Å². The van der Waals surface area contributed by atoms with Crippen LogP contribution in [0.25, 0.3) is 49.4 Å². The molecule has 7 aromatic rings. The molecule has 0 bridgehead atoms. The van der Waals surface area contributed by atoms with Crippen LogP contribution in [0.3, 0.4) is 0 Å². The van der Waals surface area contributed by atoms with Crippen LogP contribution in [0.4, 0.5) is 0 Å². The SMILES string of the molecule is Cc1ccc(-n2c3ccccc3c3ccccc32)cc1.Cc1ccc2c(c1)C(C)(C)c1cc(C)c3ccccc3c1-2. The van der Waals surface area contributed by atoms with Crippen molar-refractivity contribution >= 4 is 32.6 Å². The number of hydrogen-bond donors (Lipinski definition) is 0. The summed E-state index contributed by atoms with van der Waals surface area (Å²) in [5.41, 5.74) is 13.6. The van der Waals surface area contributed by atoms with Gasteiger partial charge in [0.05, 0.1) is 11.0 Å². The zero-order chi connectivity index (χ0) is 28.3. The highest BCUT2D eigenvalue weighted by molar-refractivity contribution is 6.09. The molecule has 0 aliphatic heterocycles. The molecule has 1 aliphatic carbocycles. The molecule has 1 heteroatoms. The van der Waals surface area contributed by atoms with E-state index in [1.807, 2.05) is 0 Å². The van der Waals surface area contributed by atoms with Gasteiger partial charge in [-0.3, -0.25) is 0 Å². The summed E-state index contributed by atoms with van der Waals surface area (Å²) < 4.78 is 2.34. The van der Waals surface area contributed by atoms with Crippen LogP contribution in [0.5, 0.6) is 0 Å². The van der Waals surface area contributed by atoms with E-state index >= 15 is 0 Å². The zero-order valence-corrected chi connectivity index (χ0v) is 24.5. The number of fused-ring (bicyclic) bond motifs is 8. The van der Waals surface area contributed by atoms with E-state index in [9.17, 15) is 0 Å². The van der Waals surface area contributed by atoms with E-state index in [0.29, 0.717) is 0 Å². The third-order valence-electron chi connectivity index (χ3n) is 8.91. The Labute approximate surface area is 242 Å². The smallest absolute Gasteiger partial charge is 0.0541 e. The van der Waals surface area contributed by atoms with Crippen LogP contribution in [0.15, 0.2) is 121 Å². The predicted octanol–water partition coefficient (Wildman–Crippen LogP) is 10.9. The second-order valence-corrected chi connectivity index (χ2v) is 12.0. The number of aromatic nitrogens is 1. The maximum absolute atomic E-state index is 2.40. The Morgan fingerprint density at radius 3 is 1.66 bits per heavy atom. The molecule has 0 N–H and O–H groups in total. The molecule has 8 rings (SSSR count).